The van der Waals surface area contributed by atoms with Crippen molar-refractivity contribution >= 4 is 29.3 Å². The lowest BCUT2D eigenvalue weighted by Crippen LogP contribution is -2.60. The van der Waals surface area contributed by atoms with E-state index in [0.29, 0.717) is 36.3 Å². The Balaban J connectivity index is 1.29. The molecule has 1 spiro atoms. The predicted octanol–water partition coefficient (Wildman–Crippen LogP) is 7.44. The van der Waals surface area contributed by atoms with Crippen LogP contribution >= 0.6 is 11.6 Å². The van der Waals surface area contributed by atoms with E-state index in [1.165, 1.54) is 6.07 Å². The van der Waals surface area contributed by atoms with Gasteiger partial charge in [-0.2, -0.15) is 0 Å². The molecule has 2 heterocycles. The maximum absolute atomic E-state index is 15.2. The molecule has 4 aliphatic carbocycles. The molecule has 344 valence electrons. The number of phenols is 1. The third-order valence-corrected chi connectivity index (χ3v) is 15.8. The van der Waals surface area contributed by atoms with Gasteiger partial charge in [-0.25, -0.2) is 4.79 Å². The first-order valence-electron chi connectivity index (χ1n) is 22.9. The Kier molecular flexibility index (Phi) is 13.7. The van der Waals surface area contributed by atoms with Crippen LogP contribution in [-0.2, 0) is 23.8 Å². The van der Waals surface area contributed by atoms with E-state index in [2.05, 4.69) is 18.3 Å². The van der Waals surface area contributed by atoms with Crippen LogP contribution in [0.1, 0.15) is 102 Å². The summed E-state index contributed by atoms with van der Waals surface area (Å²) in [5.74, 6) is -4.65. The molecule has 15 atom stereocenters. The number of hydrogen-bond acceptors (Lipinski definition) is 11. The van der Waals surface area contributed by atoms with E-state index >= 15 is 4.79 Å². The fourth-order valence-electron chi connectivity index (χ4n) is 12.1. The number of aliphatic hydroxyl groups is 3. The third kappa shape index (κ3) is 8.26. The number of aromatic hydroxyl groups is 1. The molecule has 13 heteroatoms. The fraction of sp³-hybridized carbons (Fsp3) is 0.620. The molecule has 5 N–H and O–H groups in total. The zero-order valence-corrected chi connectivity index (χ0v) is 38.9. The number of rotatable bonds is 8. The standard InChI is InChI=1S/C50H67ClN2O10/c1-10-13-29-16-17-31-20-25(3)38(62-39-23-35(53(8)9)43(28(6)61-39)52-47(59)40-27(5)34(51)18-19-36(40)54)15-12-14-33-30(11-2)22-32-42(26(4)21-37(55)44(32)56)49(33,7)45(57)41-46(58)50(31,24-29)63-48(41)60/h12,14,16-20,22,26,28-29,31-33,35,37-39,42-44,54-57H,10-11,13,15,21,23-24H2,1-9H3,(H,52,59)/b14-12+,25-20-,45-41-. The summed E-state index contributed by atoms with van der Waals surface area (Å²) in [6.07, 6.45) is 11.9. The van der Waals surface area contributed by atoms with Gasteiger partial charge >= 0.3 is 5.97 Å². The molecule has 0 aromatic heterocycles. The van der Waals surface area contributed by atoms with Crippen molar-refractivity contribution in [2.75, 3.05) is 14.1 Å². The monoisotopic (exact) mass is 890 g/mol. The van der Waals surface area contributed by atoms with Gasteiger partial charge < -0.3 is 44.9 Å². The molecule has 2 aliphatic heterocycles. The highest BCUT2D eigenvalue weighted by molar-refractivity contribution is 6.32. The number of carbonyl (C=O) groups is 3. The van der Waals surface area contributed by atoms with Gasteiger partial charge in [-0.3, -0.25) is 9.59 Å². The van der Waals surface area contributed by atoms with E-state index in [0.717, 1.165) is 24.0 Å². The molecule has 3 fully saturated rings. The highest BCUT2D eigenvalue weighted by Gasteiger charge is 2.63. The molecule has 2 saturated heterocycles. The molecule has 2 bridgehead atoms. The largest absolute Gasteiger partial charge is 0.511 e. The van der Waals surface area contributed by atoms with Crippen LogP contribution in [0.25, 0.3) is 0 Å². The third-order valence-electron chi connectivity index (χ3n) is 15.4. The second-order valence-corrected chi connectivity index (χ2v) is 19.9. The number of halogens is 1. The number of fused-ring (bicyclic) bond motifs is 4. The van der Waals surface area contributed by atoms with Crippen molar-refractivity contribution in [2.24, 2.45) is 40.9 Å². The van der Waals surface area contributed by atoms with Crippen LogP contribution in [0.5, 0.6) is 5.75 Å². The molecule has 1 aromatic carbocycles. The number of nitrogens with zero attached hydrogens (tertiary/aromatic N) is 1. The van der Waals surface area contributed by atoms with E-state index in [1.807, 2.05) is 84.0 Å². The molecule has 7 rings (SSSR count). The Morgan fingerprint density at radius 1 is 1.05 bits per heavy atom. The number of aliphatic hydroxyl groups excluding tert-OH is 3. The van der Waals surface area contributed by atoms with E-state index in [1.54, 1.807) is 13.0 Å². The predicted molar refractivity (Wildman–Crippen MR) is 240 cm³/mol. The van der Waals surface area contributed by atoms with Crippen molar-refractivity contribution in [3.05, 3.63) is 87.2 Å². The summed E-state index contributed by atoms with van der Waals surface area (Å²) in [5.41, 5.74) is -0.832. The average Bonchev–Trinajstić information content (AvgIpc) is 3.47. The number of carbonyl (C=O) groups excluding carboxylic acids is 3. The number of amides is 1. The molecule has 1 amide bonds. The zero-order chi connectivity index (χ0) is 45.9. The number of likely N-dealkylation sites (N-methyl/N-ethyl adjacent to an activating group) is 1. The minimum absolute atomic E-state index is 0.0325. The fourth-order valence-corrected chi connectivity index (χ4v) is 12.3. The number of nitrogens with one attached hydrogen (secondary N) is 1. The van der Waals surface area contributed by atoms with Gasteiger partial charge in [0.15, 0.2) is 11.9 Å². The second kappa shape index (κ2) is 18.2. The number of allylic oxidation sites excluding steroid dienone is 4. The first-order chi connectivity index (χ1) is 29.8. The first kappa shape index (κ1) is 47.2. The number of esters is 1. The highest BCUT2D eigenvalue weighted by atomic mass is 35.5. The van der Waals surface area contributed by atoms with E-state index in [-0.39, 0.29) is 46.9 Å². The Morgan fingerprint density at radius 3 is 2.46 bits per heavy atom. The smallest absolute Gasteiger partial charge is 0.346 e. The van der Waals surface area contributed by atoms with Gasteiger partial charge in [0.2, 0.25) is 5.78 Å². The number of Topliss-reactive ketones (excluding diaryl/α,β-unsaturated/α-hetero) is 1. The summed E-state index contributed by atoms with van der Waals surface area (Å²) in [7, 11) is 3.87. The van der Waals surface area contributed by atoms with Crippen LogP contribution in [0.15, 0.2) is 71.1 Å². The molecule has 1 saturated carbocycles. The van der Waals surface area contributed by atoms with Crippen molar-refractivity contribution in [2.45, 2.75) is 142 Å². The van der Waals surface area contributed by atoms with Crippen molar-refractivity contribution in [3.63, 3.8) is 0 Å². The minimum atomic E-state index is -1.59. The van der Waals surface area contributed by atoms with Crippen LogP contribution in [0.2, 0.25) is 5.02 Å². The van der Waals surface area contributed by atoms with E-state index < -0.39 is 89.1 Å². The number of ether oxygens (including phenoxy) is 3. The molecule has 63 heavy (non-hydrogen) atoms. The Labute approximate surface area is 377 Å². The number of benzene rings is 1. The Bertz CT molecular complexity index is 2130. The molecule has 6 aliphatic rings. The van der Waals surface area contributed by atoms with Crippen molar-refractivity contribution in [1.82, 2.24) is 10.2 Å². The molecular formula is C50H67ClN2O10. The van der Waals surface area contributed by atoms with Crippen LogP contribution in [0.3, 0.4) is 0 Å². The van der Waals surface area contributed by atoms with Gasteiger partial charge in [-0.15, -0.1) is 0 Å². The van der Waals surface area contributed by atoms with Gasteiger partial charge in [-0.05, 0) is 102 Å². The van der Waals surface area contributed by atoms with Gasteiger partial charge in [0.25, 0.3) is 5.91 Å². The summed E-state index contributed by atoms with van der Waals surface area (Å²) >= 11 is 6.34. The second-order valence-electron chi connectivity index (χ2n) is 19.5. The summed E-state index contributed by atoms with van der Waals surface area (Å²) in [5, 5.41) is 49.3. The molecule has 0 radical (unpaired) electrons. The van der Waals surface area contributed by atoms with Crippen LogP contribution in [0, 0.1) is 47.8 Å². The lowest BCUT2D eigenvalue weighted by atomic mass is 9.49. The minimum Gasteiger partial charge on any atom is -0.511 e. The normalized spacial score (nSPS) is 41.7. The van der Waals surface area contributed by atoms with Crippen molar-refractivity contribution in [3.8, 4) is 5.75 Å². The molecule has 1 aromatic rings. The summed E-state index contributed by atoms with van der Waals surface area (Å²) in [6, 6.07) is 2.25. The van der Waals surface area contributed by atoms with Gasteiger partial charge in [0, 0.05) is 47.1 Å². The lowest BCUT2D eigenvalue weighted by molar-refractivity contribution is -0.222. The summed E-state index contributed by atoms with van der Waals surface area (Å²) < 4.78 is 19.9. The number of phenolic OH excluding ortho intramolecular Hbond substituents is 1. The molecule has 12 nitrogen and oxygen atoms in total. The lowest BCUT2D eigenvalue weighted by Gasteiger charge is -2.56. The summed E-state index contributed by atoms with van der Waals surface area (Å²) in [4.78, 5) is 45.2. The van der Waals surface area contributed by atoms with Crippen LogP contribution in [0.4, 0.5) is 0 Å². The summed E-state index contributed by atoms with van der Waals surface area (Å²) in [6.45, 7) is 13.5. The topological polar surface area (TPSA) is 175 Å². The maximum Gasteiger partial charge on any atom is 0.346 e. The van der Waals surface area contributed by atoms with Crippen LogP contribution in [-0.4, -0.2) is 105 Å². The molecular weight excluding hydrogens is 824 g/mol. The van der Waals surface area contributed by atoms with Crippen molar-refractivity contribution < 1.29 is 49.0 Å². The van der Waals surface area contributed by atoms with Crippen LogP contribution < -0.4 is 5.32 Å². The zero-order valence-electron chi connectivity index (χ0n) is 38.1. The SMILES string of the molecule is CCCC1C=CC2/C=C(/C)C(OC3CC(N(C)C)C(NC(=O)c4c(O)ccc(Cl)c4C)C(C)O3)C/C=C/C3C(CC)=CC4C(O)C(O)CC(C)C4C3(C)/C(O)=C3/C(=O)OC2(C1)C3=O. The Hall–Kier alpha value is -3.78. The number of hydrogen-bond donors (Lipinski definition) is 5. The quantitative estimate of drug-likeness (QED) is 0.0997. The Morgan fingerprint density at radius 2 is 1.78 bits per heavy atom. The van der Waals surface area contributed by atoms with Gasteiger partial charge in [0.05, 0.1) is 36.0 Å². The number of ketones is 1. The maximum atomic E-state index is 15.2. The van der Waals surface area contributed by atoms with Gasteiger partial charge in [-0.1, -0.05) is 87.7 Å². The van der Waals surface area contributed by atoms with Gasteiger partial charge in [0.1, 0.15) is 17.1 Å². The van der Waals surface area contributed by atoms with E-state index in [4.69, 9.17) is 25.8 Å². The highest BCUT2D eigenvalue weighted by Crippen LogP contribution is 2.60. The molecule has 15 unspecified atom stereocenters. The average molecular weight is 892 g/mol. The van der Waals surface area contributed by atoms with Crippen molar-refractivity contribution in [1.29, 1.82) is 0 Å². The van der Waals surface area contributed by atoms with E-state index in [9.17, 15) is 30.0 Å². The first-order valence-corrected chi connectivity index (χ1v) is 23.2.